The quantitative estimate of drug-likeness (QED) is 0.324. The van der Waals surface area contributed by atoms with Crippen LogP contribution in [0.15, 0.2) is 109 Å². The minimum absolute atomic E-state index is 0.268. The molecule has 0 N–H and O–H groups in total. The van der Waals surface area contributed by atoms with Crippen LogP contribution in [0.1, 0.15) is 11.1 Å². The smallest absolute Gasteiger partial charge is 0.247 e. The van der Waals surface area contributed by atoms with Gasteiger partial charge in [-0.05, 0) is 57.8 Å². The SMILES string of the molecule is c1ccc(-c2cc3c4ccccc4n4c3c3c2Cc2ccccc2B3c2ccccc2-4)cc1. The molecule has 0 saturated carbocycles. The van der Waals surface area contributed by atoms with Gasteiger partial charge in [0.25, 0.3) is 0 Å². The predicted octanol–water partition coefficient (Wildman–Crippen LogP) is 5.18. The van der Waals surface area contributed by atoms with E-state index in [1.165, 1.54) is 66.1 Å². The van der Waals surface area contributed by atoms with Crippen molar-refractivity contribution in [3.63, 3.8) is 0 Å². The third-order valence-electron chi connectivity index (χ3n) is 7.70. The maximum Gasteiger partial charge on any atom is 0.247 e. The van der Waals surface area contributed by atoms with Crippen molar-refractivity contribution in [3.8, 4) is 16.8 Å². The van der Waals surface area contributed by atoms with Gasteiger partial charge in [0.15, 0.2) is 0 Å². The molecule has 0 atom stereocenters. The first kappa shape index (κ1) is 17.5. The lowest BCUT2D eigenvalue weighted by atomic mass is 9.32. The summed E-state index contributed by atoms with van der Waals surface area (Å²) < 4.78 is 2.53. The van der Waals surface area contributed by atoms with Gasteiger partial charge < -0.3 is 4.57 Å². The second kappa shape index (κ2) is 6.27. The van der Waals surface area contributed by atoms with E-state index in [2.05, 4.69) is 114 Å². The number of hydrogen-bond acceptors (Lipinski definition) is 0. The third-order valence-corrected chi connectivity index (χ3v) is 7.70. The Balaban J connectivity index is 1.64. The molecular weight excluding hydrogens is 397 g/mol. The van der Waals surface area contributed by atoms with Crippen LogP contribution in [0.4, 0.5) is 0 Å². The van der Waals surface area contributed by atoms with Crippen molar-refractivity contribution in [1.29, 1.82) is 0 Å². The maximum atomic E-state index is 2.53. The van der Waals surface area contributed by atoms with Gasteiger partial charge in [-0.1, -0.05) is 96.5 Å². The van der Waals surface area contributed by atoms with Crippen molar-refractivity contribution in [2.45, 2.75) is 6.42 Å². The lowest BCUT2D eigenvalue weighted by Gasteiger charge is -2.34. The molecule has 5 aromatic carbocycles. The number of para-hydroxylation sites is 2. The van der Waals surface area contributed by atoms with E-state index in [-0.39, 0.29) is 6.71 Å². The van der Waals surface area contributed by atoms with E-state index >= 15 is 0 Å². The summed E-state index contributed by atoms with van der Waals surface area (Å²) in [4.78, 5) is 0. The molecule has 0 amide bonds. The fraction of sp³-hybridized carbons (Fsp3) is 0.0323. The second-order valence-corrected chi connectivity index (χ2v) is 9.30. The Morgan fingerprint density at radius 2 is 1.36 bits per heavy atom. The van der Waals surface area contributed by atoms with Crippen LogP contribution < -0.4 is 16.4 Å². The average Bonchev–Trinajstić information content (AvgIpc) is 3.22. The van der Waals surface area contributed by atoms with Crippen LogP contribution in [0.3, 0.4) is 0 Å². The van der Waals surface area contributed by atoms with E-state index in [1.807, 2.05) is 0 Å². The molecule has 0 unspecified atom stereocenters. The molecule has 2 heteroatoms. The molecule has 1 nitrogen and oxygen atoms in total. The Morgan fingerprint density at radius 1 is 0.636 bits per heavy atom. The lowest BCUT2D eigenvalue weighted by molar-refractivity contribution is 1.16. The second-order valence-electron chi connectivity index (χ2n) is 9.30. The number of rotatable bonds is 1. The number of hydrogen-bond donors (Lipinski definition) is 0. The van der Waals surface area contributed by atoms with Gasteiger partial charge in [-0.15, -0.1) is 0 Å². The van der Waals surface area contributed by atoms with Crippen LogP contribution in [0.25, 0.3) is 38.6 Å². The van der Waals surface area contributed by atoms with E-state index < -0.39 is 0 Å². The molecule has 0 saturated heterocycles. The third kappa shape index (κ3) is 2.18. The molecule has 33 heavy (non-hydrogen) atoms. The Labute approximate surface area is 193 Å². The van der Waals surface area contributed by atoms with Gasteiger partial charge >= 0.3 is 0 Å². The van der Waals surface area contributed by atoms with Gasteiger partial charge in [-0.25, -0.2) is 0 Å². The summed E-state index contributed by atoms with van der Waals surface area (Å²) in [6.45, 7) is 0.268. The minimum Gasteiger partial charge on any atom is -0.310 e. The lowest BCUT2D eigenvalue weighted by Crippen LogP contribution is -2.60. The molecular formula is C31H20BN. The molecule has 8 rings (SSSR count). The summed E-state index contributed by atoms with van der Waals surface area (Å²) in [5, 5.41) is 2.70. The summed E-state index contributed by atoms with van der Waals surface area (Å²) in [5.41, 5.74) is 14.0. The largest absolute Gasteiger partial charge is 0.310 e. The molecule has 0 fully saturated rings. The normalized spacial score (nSPS) is 13.3. The summed E-state index contributed by atoms with van der Waals surface area (Å²) >= 11 is 0. The molecule has 0 bridgehead atoms. The van der Waals surface area contributed by atoms with Gasteiger partial charge in [-0.3, -0.25) is 0 Å². The van der Waals surface area contributed by atoms with Crippen molar-refractivity contribution in [2.75, 3.05) is 0 Å². The van der Waals surface area contributed by atoms with Gasteiger partial charge in [-0.2, -0.15) is 0 Å². The fourth-order valence-electron chi connectivity index (χ4n) is 6.40. The monoisotopic (exact) mass is 417 g/mol. The van der Waals surface area contributed by atoms with Crippen LogP contribution in [0, 0.1) is 0 Å². The van der Waals surface area contributed by atoms with Crippen molar-refractivity contribution in [3.05, 3.63) is 120 Å². The van der Waals surface area contributed by atoms with Crippen LogP contribution in [-0.4, -0.2) is 11.3 Å². The topological polar surface area (TPSA) is 4.93 Å². The average molecular weight is 417 g/mol. The van der Waals surface area contributed by atoms with Gasteiger partial charge in [0.2, 0.25) is 6.71 Å². The first-order chi connectivity index (χ1) is 16.4. The predicted molar refractivity (Wildman–Crippen MR) is 140 cm³/mol. The van der Waals surface area contributed by atoms with Crippen LogP contribution in [-0.2, 0) is 6.42 Å². The highest BCUT2D eigenvalue weighted by molar-refractivity contribution is 6.99. The zero-order valence-corrected chi connectivity index (χ0v) is 18.1. The van der Waals surface area contributed by atoms with Crippen molar-refractivity contribution in [1.82, 2.24) is 4.57 Å². The van der Waals surface area contributed by atoms with Crippen molar-refractivity contribution in [2.24, 2.45) is 0 Å². The van der Waals surface area contributed by atoms with Crippen molar-refractivity contribution >= 4 is 44.9 Å². The van der Waals surface area contributed by atoms with E-state index in [9.17, 15) is 0 Å². The minimum atomic E-state index is 0.268. The molecule has 6 aromatic rings. The summed E-state index contributed by atoms with van der Waals surface area (Å²) in [5.74, 6) is 0. The Hall–Kier alpha value is -4.04. The molecule has 2 aliphatic rings. The number of benzene rings is 5. The molecule has 1 aromatic heterocycles. The highest BCUT2D eigenvalue weighted by Gasteiger charge is 2.39. The number of nitrogens with zero attached hydrogens (tertiary/aromatic N) is 1. The highest BCUT2D eigenvalue weighted by Crippen LogP contribution is 2.39. The van der Waals surface area contributed by atoms with E-state index in [0.717, 1.165) is 6.42 Å². The summed E-state index contributed by atoms with van der Waals surface area (Å²) in [7, 11) is 0. The van der Waals surface area contributed by atoms with Crippen molar-refractivity contribution < 1.29 is 0 Å². The van der Waals surface area contributed by atoms with E-state index in [4.69, 9.17) is 0 Å². The van der Waals surface area contributed by atoms with Gasteiger partial charge in [0.05, 0.1) is 5.52 Å². The summed E-state index contributed by atoms with van der Waals surface area (Å²) in [6.07, 6.45) is 0.978. The van der Waals surface area contributed by atoms with E-state index in [1.54, 1.807) is 0 Å². The number of fused-ring (bicyclic) bond motifs is 8. The fourth-order valence-corrected chi connectivity index (χ4v) is 6.40. The van der Waals surface area contributed by atoms with Gasteiger partial charge in [0.1, 0.15) is 0 Å². The molecule has 3 heterocycles. The Bertz CT molecular complexity index is 1740. The zero-order chi connectivity index (χ0) is 21.5. The maximum absolute atomic E-state index is 2.53. The molecule has 0 radical (unpaired) electrons. The van der Waals surface area contributed by atoms with Crippen LogP contribution in [0.2, 0.25) is 0 Å². The summed E-state index contributed by atoms with van der Waals surface area (Å²) in [6, 6.07) is 40.4. The highest BCUT2D eigenvalue weighted by atomic mass is 15.0. The van der Waals surface area contributed by atoms with E-state index in [0.29, 0.717) is 0 Å². The molecule has 152 valence electrons. The van der Waals surface area contributed by atoms with Crippen LogP contribution in [0.5, 0.6) is 0 Å². The standard InChI is InChI=1S/C31H20BN/c1-2-10-20(11-3-1)23-19-25-22-13-5-8-16-28(22)33-29-17-9-7-15-27(29)32-26-14-6-4-12-21(26)18-24(23)30(32)31(25)33/h1-17,19H,18H2. The van der Waals surface area contributed by atoms with Crippen LogP contribution >= 0.6 is 0 Å². The first-order valence-corrected chi connectivity index (χ1v) is 11.7. The van der Waals surface area contributed by atoms with Gasteiger partial charge in [0, 0.05) is 22.0 Å². The first-order valence-electron chi connectivity index (χ1n) is 11.7. The molecule has 2 aliphatic heterocycles. The Morgan fingerprint density at radius 3 is 2.27 bits per heavy atom. The number of aromatic nitrogens is 1. The molecule has 0 spiro atoms. The zero-order valence-electron chi connectivity index (χ0n) is 18.1. The molecule has 0 aliphatic carbocycles. The Kier molecular flexibility index (Phi) is 3.33.